The predicted molar refractivity (Wildman–Crippen MR) is 298 cm³/mol. The Morgan fingerprint density at radius 2 is 0.442 bits per heavy atom. The Balaban J connectivity index is -0.000000256. The van der Waals surface area contributed by atoms with Crippen LogP contribution in [-0.4, -0.2) is 240 Å². The molecule has 86 heavy (non-hydrogen) atoms. The van der Waals surface area contributed by atoms with E-state index in [9.17, 15) is 0 Å². The zero-order valence-corrected chi connectivity index (χ0v) is 50.1. The molecule has 0 aromatic carbocycles. The first-order chi connectivity index (χ1) is 40.2. The van der Waals surface area contributed by atoms with Crippen molar-refractivity contribution in [2.24, 2.45) is 30.0 Å². The maximum atomic E-state index is 8.25. The molecule has 6 aromatic rings. The third kappa shape index (κ3) is 73.0. The first-order valence-electron chi connectivity index (χ1n) is 22.3. The summed E-state index contributed by atoms with van der Waals surface area (Å²) in [5.41, 5.74) is 4.99. The summed E-state index contributed by atoms with van der Waals surface area (Å²) in [7, 11) is 2.00. The molecule has 46 nitrogen and oxygen atoms in total. The van der Waals surface area contributed by atoms with Gasteiger partial charge in [-0.3, -0.25) is 39.8 Å². The average Bonchev–Trinajstić information content (AvgIpc) is 4.29. The van der Waals surface area contributed by atoms with Crippen molar-refractivity contribution >= 4 is 37.3 Å². The van der Waals surface area contributed by atoms with Gasteiger partial charge in [-0.05, 0) is 0 Å². The smallest absolute Gasteiger partial charge is 0.400 e. The maximum Gasteiger partial charge on any atom is 3.00 e. The Kier molecular flexibility index (Phi) is 66.8. The van der Waals surface area contributed by atoms with Crippen LogP contribution >= 0.6 is 0 Å². The van der Waals surface area contributed by atoms with E-state index >= 15 is 0 Å². The molecule has 2 radical (unpaired) electrons. The number of aromatic amines is 6. The second-order valence-electron chi connectivity index (χ2n) is 13.2. The van der Waals surface area contributed by atoms with Crippen LogP contribution in [0.15, 0.2) is 105 Å². The number of nitrogens with one attached hydrogen (secondary N) is 6. The number of hydrogen-bond donors (Lipinski definition) is 8. The molecule has 0 aliphatic rings. The van der Waals surface area contributed by atoms with Crippen LogP contribution in [0.3, 0.4) is 0 Å². The summed E-state index contributed by atoms with van der Waals surface area (Å²) in [6.45, 7) is 9.14. The molecule has 0 fully saturated rings. The Bertz CT molecular complexity index is 2160. The third-order valence-corrected chi connectivity index (χ3v) is 7.73. The minimum Gasteiger partial charge on any atom is -0.400 e. The number of aliphatic imine (C=N–C) groups is 6. The molecule has 0 aliphatic carbocycles. The summed E-state index contributed by atoms with van der Waals surface area (Å²) >= 11 is 0. The molecule has 0 atom stereocenters. The molecule has 6 aromatic heterocycles. The minimum absolute atomic E-state index is 0. The van der Waals surface area contributed by atoms with Crippen LogP contribution in [0.4, 0.5) is 0 Å². The summed E-state index contributed by atoms with van der Waals surface area (Å²) in [4.78, 5) is 123. The van der Waals surface area contributed by atoms with Crippen LogP contribution in [0.25, 0.3) is 0 Å². The number of hydrogen-bond acceptors (Lipinski definition) is 34. The van der Waals surface area contributed by atoms with Gasteiger partial charge < -0.3 is 132 Å². The van der Waals surface area contributed by atoms with Crippen molar-refractivity contribution in [3.8, 4) is 0 Å². The number of nitrogens with zero attached hydrogens (tertiary/aromatic N) is 20. The van der Waals surface area contributed by atoms with E-state index in [-0.39, 0.29) is 80.8 Å². The number of rotatable bonds is 24. The zero-order chi connectivity index (χ0) is 64.0. The molecule has 0 saturated heterocycles. The fourth-order valence-corrected chi connectivity index (χ4v) is 4.87. The molecule has 0 spiro atoms. The van der Waals surface area contributed by atoms with E-state index < -0.39 is 30.5 Å². The Hall–Kier alpha value is -9.00. The third-order valence-electron chi connectivity index (χ3n) is 7.73. The van der Waals surface area contributed by atoms with Crippen LogP contribution in [-0.2, 0) is 0 Å². The Morgan fingerprint density at radius 1 is 0.326 bits per heavy atom. The average molecular weight is 1500 g/mol. The molecule has 48 heteroatoms. The normalized spacial score (nSPS) is 9.84. The van der Waals surface area contributed by atoms with Gasteiger partial charge in [-0.25, -0.2) is 29.9 Å². The van der Waals surface area contributed by atoms with Crippen LogP contribution in [0.5, 0.6) is 0 Å². The Labute approximate surface area is 548 Å². The zero-order valence-electron chi connectivity index (χ0n) is 44.9. The van der Waals surface area contributed by atoms with Gasteiger partial charge in [0.05, 0.1) is 142 Å². The van der Waals surface area contributed by atoms with E-state index in [1.807, 2.05) is 37.2 Å². The molecular weight excluding hydrogens is 1440 g/mol. The van der Waals surface area contributed by atoms with Gasteiger partial charge in [0.25, 0.3) is 0 Å². The fraction of sp³-hybridized carbons (Fsp3) is 0.368. The van der Waals surface area contributed by atoms with E-state index in [0.717, 1.165) is 87.7 Å². The molecule has 0 saturated carbocycles. The van der Waals surface area contributed by atoms with E-state index in [1.54, 1.807) is 75.3 Å². The van der Waals surface area contributed by atoms with Gasteiger partial charge >= 0.3 is 80.8 Å². The number of imidazole rings is 6. The van der Waals surface area contributed by atoms with Gasteiger partial charge in [0.15, 0.2) is 0 Å². The second kappa shape index (κ2) is 65.2. The number of aromatic nitrogens is 12. The van der Waals surface area contributed by atoms with Gasteiger partial charge in [0.2, 0.25) is 0 Å². The Morgan fingerprint density at radius 3 is 0.535 bits per heavy atom. The van der Waals surface area contributed by atoms with Gasteiger partial charge in [0.1, 0.15) is 0 Å². The molecule has 6 rings (SSSR count). The number of aliphatic hydroxyl groups is 2. The maximum absolute atomic E-state index is 8.25. The quantitative estimate of drug-likeness (QED) is 0.0213. The van der Waals surface area contributed by atoms with Crippen molar-refractivity contribution in [2.75, 3.05) is 92.8 Å². The van der Waals surface area contributed by atoms with Crippen molar-refractivity contribution in [2.45, 2.75) is 0 Å². The molecule has 8 N–H and O–H groups in total. The molecule has 6 heterocycles. The van der Waals surface area contributed by atoms with Gasteiger partial charge in [-0.15, -0.1) is 0 Å². The molecule has 0 bridgehead atoms. The number of H-pyrrole nitrogens is 6. The van der Waals surface area contributed by atoms with E-state index in [1.165, 1.54) is 0 Å². The SMILES string of the molecule is C(=NCCN(CCN=Cc1c[nH]cn1)CCN=Cc1c[nH]cn1)c1c[nH]cn1.C(=NCCN(CCN=Cc1c[nH]cn1)CCN=Cc1c[nH]cn1)c1c[nH]cn1.CO.CO.O=[N+]([O-])[O-].O=[N+]([O-])[O-].O=[N+]([O-])[O-].O=[N+]([O-])[O-].O=[N+]([O-])[O-].O=[N+]([O-])[O-].[Sm+3].[Sm+3]. The predicted octanol–water partition coefficient (Wildman–Crippen LogP) is -0.588. The standard InChI is InChI=1S/2C18H24N10.2CH4O.6NO3.2Sm/c2*1(19-7-16-10-22-13-25-16)4-28(5-2-20-8-17-11-23-14-26-17)6-3-21-9-18-12-24-15-27-18;2*1-2;6*2-1(3)4;;/h2*7-15H,1-6H2,(H,22,25)(H,23,26)(H,24,27);2*2H,1H3;;;;;;;;/q;;;;6*-1;2*+3. The van der Waals surface area contributed by atoms with Gasteiger partial charge in [-0.1, -0.05) is 0 Å². The van der Waals surface area contributed by atoms with Crippen LogP contribution < -0.4 is 0 Å². The monoisotopic (exact) mass is 1500 g/mol. The first-order valence-corrected chi connectivity index (χ1v) is 22.3. The minimum atomic E-state index is -1.75. The summed E-state index contributed by atoms with van der Waals surface area (Å²) in [6, 6.07) is 0. The molecular formula is C38H56N26O20Sm2. The largest absolute Gasteiger partial charge is 3.00 e. The second-order valence-corrected chi connectivity index (χ2v) is 13.2. The van der Waals surface area contributed by atoms with Crippen molar-refractivity contribution in [1.82, 2.24) is 69.6 Å². The van der Waals surface area contributed by atoms with Crippen LogP contribution in [0.2, 0.25) is 0 Å². The topological polar surface area (TPSA) is 690 Å². The van der Waals surface area contributed by atoms with E-state index in [2.05, 4.69) is 99.6 Å². The van der Waals surface area contributed by atoms with Gasteiger partial charge in [-0.2, -0.15) is 0 Å². The van der Waals surface area contributed by atoms with Crippen molar-refractivity contribution in [1.29, 1.82) is 0 Å². The summed E-state index contributed by atoms with van der Waals surface area (Å²) in [6.07, 6.45) is 31.4. The van der Waals surface area contributed by atoms with Crippen LogP contribution in [0, 0.1) is 173 Å². The van der Waals surface area contributed by atoms with Crippen molar-refractivity contribution in [3.05, 3.63) is 201 Å². The molecule has 0 amide bonds. The number of aliphatic hydroxyl groups excluding tert-OH is 2. The summed E-state index contributed by atoms with van der Waals surface area (Å²) in [5.74, 6) is 0. The fourth-order valence-electron chi connectivity index (χ4n) is 4.87. The molecule has 0 unspecified atom stereocenters. The van der Waals surface area contributed by atoms with Gasteiger partial charge in [0, 0.05) is 128 Å². The first kappa shape index (κ1) is 88.2. The molecule has 0 aliphatic heterocycles. The summed E-state index contributed by atoms with van der Waals surface area (Å²) < 4.78 is 0. The molecule has 470 valence electrons. The van der Waals surface area contributed by atoms with E-state index in [0.29, 0.717) is 39.3 Å². The van der Waals surface area contributed by atoms with E-state index in [4.69, 9.17) is 102 Å². The van der Waals surface area contributed by atoms with Crippen molar-refractivity contribution in [3.63, 3.8) is 0 Å². The van der Waals surface area contributed by atoms with Crippen LogP contribution in [0.1, 0.15) is 34.2 Å². The van der Waals surface area contributed by atoms with Crippen molar-refractivity contribution < 1.29 is 122 Å². The summed E-state index contributed by atoms with van der Waals surface area (Å²) in [5, 5.41) is 102.